The lowest BCUT2D eigenvalue weighted by Gasteiger charge is -2.18. The second-order valence-electron chi connectivity index (χ2n) is 4.07. The molecule has 0 fully saturated rings. The van der Waals surface area contributed by atoms with Gasteiger partial charge in [-0.2, -0.15) is 5.26 Å². The SMILES string of the molecule is CCC(CC)Nc1cc(C(=O)[O-])c(C)nc1C#N. The standard InChI is InChI=1S/C13H17N3O2/c1-4-9(5-2)16-11-6-10(13(17)18)8(3)15-12(11)7-14/h6,9,16H,4-5H2,1-3H3,(H,17,18)/p-1. The number of hydrogen-bond donors (Lipinski definition) is 1. The first-order valence-electron chi connectivity index (χ1n) is 5.93. The van der Waals surface area contributed by atoms with Gasteiger partial charge in [0.2, 0.25) is 0 Å². The van der Waals surface area contributed by atoms with Crippen molar-refractivity contribution in [1.82, 2.24) is 4.98 Å². The molecule has 0 saturated carbocycles. The molecule has 1 rings (SSSR count). The topological polar surface area (TPSA) is 88.8 Å². The highest BCUT2D eigenvalue weighted by atomic mass is 16.4. The Morgan fingerprint density at radius 2 is 2.17 bits per heavy atom. The van der Waals surface area contributed by atoms with Crippen LogP contribution in [0.4, 0.5) is 5.69 Å². The Morgan fingerprint density at radius 3 is 2.61 bits per heavy atom. The highest BCUT2D eigenvalue weighted by molar-refractivity contribution is 5.88. The number of carbonyl (C=O) groups is 1. The van der Waals surface area contributed by atoms with E-state index in [0.717, 1.165) is 12.8 Å². The summed E-state index contributed by atoms with van der Waals surface area (Å²) in [4.78, 5) is 14.9. The van der Waals surface area contributed by atoms with E-state index in [0.29, 0.717) is 11.4 Å². The molecule has 1 aromatic heterocycles. The molecule has 18 heavy (non-hydrogen) atoms. The van der Waals surface area contributed by atoms with Crippen molar-refractivity contribution >= 4 is 11.7 Å². The van der Waals surface area contributed by atoms with Crippen LogP contribution in [0.1, 0.15) is 48.4 Å². The predicted molar refractivity (Wildman–Crippen MR) is 66.0 cm³/mol. The number of aryl methyl sites for hydroxylation is 1. The smallest absolute Gasteiger partial charge is 0.163 e. The van der Waals surface area contributed by atoms with Crippen LogP contribution in [0.5, 0.6) is 0 Å². The van der Waals surface area contributed by atoms with Crippen LogP contribution in [0.25, 0.3) is 0 Å². The summed E-state index contributed by atoms with van der Waals surface area (Å²) < 4.78 is 0. The van der Waals surface area contributed by atoms with Gasteiger partial charge >= 0.3 is 0 Å². The van der Waals surface area contributed by atoms with Crippen LogP contribution in [-0.2, 0) is 0 Å². The van der Waals surface area contributed by atoms with Gasteiger partial charge in [-0.1, -0.05) is 13.8 Å². The monoisotopic (exact) mass is 246 g/mol. The average molecular weight is 246 g/mol. The first kappa shape index (κ1) is 14.0. The van der Waals surface area contributed by atoms with Crippen molar-refractivity contribution in [2.24, 2.45) is 0 Å². The minimum absolute atomic E-state index is 0.0162. The normalized spacial score (nSPS) is 10.2. The van der Waals surface area contributed by atoms with E-state index in [1.807, 2.05) is 19.9 Å². The molecule has 0 saturated heterocycles. The van der Waals surface area contributed by atoms with Crippen LogP contribution in [0.3, 0.4) is 0 Å². The summed E-state index contributed by atoms with van der Waals surface area (Å²) in [5, 5.41) is 23.1. The first-order valence-corrected chi connectivity index (χ1v) is 5.93. The molecule has 0 aliphatic rings. The second-order valence-corrected chi connectivity index (χ2v) is 4.07. The third-order valence-electron chi connectivity index (χ3n) is 2.88. The summed E-state index contributed by atoms with van der Waals surface area (Å²) in [6.07, 6.45) is 1.77. The summed E-state index contributed by atoms with van der Waals surface area (Å²) in [7, 11) is 0. The number of nitriles is 1. The predicted octanol–water partition coefficient (Wildman–Crippen LogP) is 1.23. The molecule has 0 atom stereocenters. The van der Waals surface area contributed by atoms with Gasteiger partial charge in [-0.25, -0.2) is 4.98 Å². The lowest BCUT2D eigenvalue weighted by Crippen LogP contribution is -2.25. The van der Waals surface area contributed by atoms with Crippen molar-refractivity contribution in [3.8, 4) is 6.07 Å². The van der Waals surface area contributed by atoms with Gasteiger partial charge in [0, 0.05) is 17.3 Å². The van der Waals surface area contributed by atoms with Gasteiger partial charge in [-0.05, 0) is 25.8 Å². The molecular formula is C13H16N3O2-. The quantitative estimate of drug-likeness (QED) is 0.843. The first-order chi connectivity index (χ1) is 8.53. The van der Waals surface area contributed by atoms with Crippen LogP contribution in [0, 0.1) is 18.3 Å². The van der Waals surface area contributed by atoms with Gasteiger partial charge in [-0.15, -0.1) is 0 Å². The molecule has 0 amide bonds. The van der Waals surface area contributed by atoms with E-state index in [1.165, 1.54) is 6.07 Å². The van der Waals surface area contributed by atoms with Crippen molar-refractivity contribution in [3.05, 3.63) is 23.0 Å². The molecule has 0 bridgehead atoms. The van der Waals surface area contributed by atoms with Crippen LogP contribution in [0.15, 0.2) is 6.07 Å². The van der Waals surface area contributed by atoms with E-state index in [-0.39, 0.29) is 17.3 Å². The minimum Gasteiger partial charge on any atom is -0.545 e. The molecule has 0 aliphatic heterocycles. The summed E-state index contributed by atoms with van der Waals surface area (Å²) in [6.45, 7) is 5.59. The van der Waals surface area contributed by atoms with Crippen LogP contribution in [-0.4, -0.2) is 17.0 Å². The van der Waals surface area contributed by atoms with Gasteiger partial charge in [0.25, 0.3) is 0 Å². The number of hydrogen-bond acceptors (Lipinski definition) is 5. The Balaban J connectivity index is 3.20. The van der Waals surface area contributed by atoms with Gasteiger partial charge in [-0.3, -0.25) is 0 Å². The molecule has 0 aromatic carbocycles. The molecule has 1 aromatic rings. The lowest BCUT2D eigenvalue weighted by atomic mass is 10.1. The molecule has 5 nitrogen and oxygen atoms in total. The van der Waals surface area contributed by atoms with E-state index < -0.39 is 5.97 Å². The maximum atomic E-state index is 10.9. The van der Waals surface area contributed by atoms with Gasteiger partial charge < -0.3 is 15.2 Å². The van der Waals surface area contributed by atoms with Crippen molar-refractivity contribution in [3.63, 3.8) is 0 Å². The number of pyridine rings is 1. The summed E-state index contributed by atoms with van der Waals surface area (Å²) in [6, 6.07) is 3.59. The van der Waals surface area contributed by atoms with Crippen LogP contribution in [0.2, 0.25) is 0 Å². The van der Waals surface area contributed by atoms with Crippen molar-refractivity contribution < 1.29 is 9.90 Å². The Morgan fingerprint density at radius 1 is 1.56 bits per heavy atom. The maximum absolute atomic E-state index is 10.9. The van der Waals surface area contributed by atoms with Crippen molar-refractivity contribution in [2.45, 2.75) is 39.7 Å². The zero-order valence-electron chi connectivity index (χ0n) is 10.8. The number of rotatable bonds is 5. The largest absolute Gasteiger partial charge is 0.545 e. The number of nitrogens with one attached hydrogen (secondary N) is 1. The Kier molecular flexibility index (Phi) is 4.67. The molecule has 0 aliphatic carbocycles. The lowest BCUT2D eigenvalue weighted by molar-refractivity contribution is -0.255. The highest BCUT2D eigenvalue weighted by Gasteiger charge is 2.12. The number of aromatic carboxylic acids is 1. The molecule has 0 spiro atoms. The van der Waals surface area contributed by atoms with Gasteiger partial charge in [0.1, 0.15) is 6.07 Å². The number of carbonyl (C=O) groups excluding carboxylic acids is 1. The van der Waals surface area contributed by atoms with E-state index in [9.17, 15) is 9.90 Å². The molecule has 96 valence electrons. The molecule has 1 heterocycles. The fourth-order valence-corrected chi connectivity index (χ4v) is 1.72. The molecular weight excluding hydrogens is 230 g/mol. The number of aromatic nitrogens is 1. The Labute approximate surface area is 106 Å². The van der Waals surface area contributed by atoms with E-state index >= 15 is 0 Å². The summed E-state index contributed by atoms with van der Waals surface area (Å²) in [5.74, 6) is -1.28. The number of nitrogens with zero attached hydrogens (tertiary/aromatic N) is 2. The fraction of sp³-hybridized carbons (Fsp3) is 0.462. The number of carboxylic acid groups (broad SMARTS) is 1. The third kappa shape index (κ3) is 2.98. The van der Waals surface area contributed by atoms with Crippen LogP contribution < -0.4 is 10.4 Å². The van der Waals surface area contributed by atoms with E-state index in [4.69, 9.17) is 5.26 Å². The summed E-state index contributed by atoms with van der Waals surface area (Å²) >= 11 is 0. The van der Waals surface area contributed by atoms with Gasteiger partial charge in [0.05, 0.1) is 11.7 Å². The average Bonchev–Trinajstić information content (AvgIpc) is 2.36. The van der Waals surface area contributed by atoms with Gasteiger partial charge in [0.15, 0.2) is 5.69 Å². The van der Waals surface area contributed by atoms with E-state index in [2.05, 4.69) is 10.3 Å². The molecule has 0 radical (unpaired) electrons. The molecule has 5 heteroatoms. The van der Waals surface area contributed by atoms with E-state index in [1.54, 1.807) is 6.92 Å². The highest BCUT2D eigenvalue weighted by Crippen LogP contribution is 2.19. The second kappa shape index (κ2) is 6.01. The summed E-state index contributed by atoms with van der Waals surface area (Å²) in [5.41, 5.74) is 0.976. The maximum Gasteiger partial charge on any atom is 0.163 e. The Bertz CT molecular complexity index is 488. The minimum atomic E-state index is -1.28. The zero-order valence-corrected chi connectivity index (χ0v) is 10.8. The van der Waals surface area contributed by atoms with Crippen molar-refractivity contribution in [2.75, 3.05) is 5.32 Å². The van der Waals surface area contributed by atoms with Crippen molar-refractivity contribution in [1.29, 1.82) is 5.26 Å². The number of carboxylic acids is 1. The Hall–Kier alpha value is -2.09. The third-order valence-corrected chi connectivity index (χ3v) is 2.88. The number of anilines is 1. The fourth-order valence-electron chi connectivity index (χ4n) is 1.72. The molecule has 0 unspecified atom stereocenters. The molecule has 1 N–H and O–H groups in total. The van der Waals surface area contributed by atoms with Crippen LogP contribution >= 0.6 is 0 Å². The zero-order chi connectivity index (χ0) is 13.7.